The van der Waals surface area contributed by atoms with Crippen LogP contribution in [-0.2, 0) is 6.42 Å². The summed E-state index contributed by atoms with van der Waals surface area (Å²) in [7, 11) is 0. The number of nitrogen functional groups attached to an aromatic ring is 1. The molecule has 2 aromatic carbocycles. The van der Waals surface area contributed by atoms with Crippen LogP contribution in [0.1, 0.15) is 5.56 Å². The second-order valence-electron chi connectivity index (χ2n) is 4.05. The van der Waals surface area contributed by atoms with E-state index in [1.54, 1.807) is 24.3 Å². The molecule has 0 unspecified atom stereocenters. The van der Waals surface area contributed by atoms with Gasteiger partial charge in [0.05, 0.1) is 11.4 Å². The fourth-order valence-corrected chi connectivity index (χ4v) is 1.72. The fourth-order valence-electron chi connectivity index (χ4n) is 1.72. The largest absolute Gasteiger partial charge is 0.508 e. The lowest BCUT2D eigenvalue weighted by Crippen LogP contribution is -2.08. The van der Waals surface area contributed by atoms with Gasteiger partial charge in [-0.2, -0.15) is 0 Å². The Kier molecular flexibility index (Phi) is 3.67. The van der Waals surface area contributed by atoms with Gasteiger partial charge in [0, 0.05) is 6.54 Å². The molecule has 18 heavy (non-hydrogen) atoms. The summed E-state index contributed by atoms with van der Waals surface area (Å²) in [5, 5.41) is 12.1. The lowest BCUT2D eigenvalue weighted by Gasteiger charge is -2.10. The molecule has 0 atom stereocenters. The van der Waals surface area contributed by atoms with Crippen molar-refractivity contribution in [2.75, 3.05) is 17.6 Å². The van der Waals surface area contributed by atoms with Crippen molar-refractivity contribution in [1.29, 1.82) is 0 Å². The molecule has 0 bridgehead atoms. The van der Waals surface area contributed by atoms with Gasteiger partial charge < -0.3 is 16.2 Å². The van der Waals surface area contributed by atoms with Crippen molar-refractivity contribution in [2.24, 2.45) is 0 Å². The number of benzene rings is 2. The molecule has 0 spiro atoms. The number of hydrogen-bond donors (Lipinski definition) is 3. The first-order valence-corrected chi connectivity index (χ1v) is 5.72. The SMILES string of the molecule is Nc1cccc(F)c1NCCc1ccc(O)cc1. The summed E-state index contributed by atoms with van der Waals surface area (Å²) in [5.74, 6) is -0.106. The first-order chi connectivity index (χ1) is 8.66. The molecule has 0 aliphatic heterocycles. The van der Waals surface area contributed by atoms with Crippen molar-refractivity contribution < 1.29 is 9.50 Å². The molecule has 3 nitrogen and oxygen atoms in total. The van der Waals surface area contributed by atoms with E-state index >= 15 is 0 Å². The molecule has 0 aliphatic carbocycles. The van der Waals surface area contributed by atoms with Gasteiger partial charge in [-0.1, -0.05) is 18.2 Å². The van der Waals surface area contributed by atoms with Crippen LogP contribution in [0.5, 0.6) is 5.75 Å². The summed E-state index contributed by atoms with van der Waals surface area (Å²) in [6.45, 7) is 0.579. The van der Waals surface area contributed by atoms with Gasteiger partial charge in [0.15, 0.2) is 0 Å². The number of para-hydroxylation sites is 1. The Morgan fingerprint density at radius 3 is 2.50 bits per heavy atom. The van der Waals surface area contributed by atoms with Gasteiger partial charge in [-0.25, -0.2) is 4.39 Å². The lowest BCUT2D eigenvalue weighted by molar-refractivity contribution is 0.475. The standard InChI is InChI=1S/C14H15FN2O/c15-12-2-1-3-13(16)14(12)17-9-8-10-4-6-11(18)7-5-10/h1-7,17-18H,8-9,16H2. The Labute approximate surface area is 105 Å². The molecule has 0 radical (unpaired) electrons. The van der Waals surface area contributed by atoms with Crippen LogP contribution >= 0.6 is 0 Å². The van der Waals surface area contributed by atoms with Crippen molar-refractivity contribution >= 4 is 11.4 Å². The summed E-state index contributed by atoms with van der Waals surface area (Å²) in [4.78, 5) is 0. The average molecular weight is 246 g/mol. The van der Waals surface area contributed by atoms with Crippen LogP contribution in [0.15, 0.2) is 42.5 Å². The number of halogens is 1. The zero-order valence-corrected chi connectivity index (χ0v) is 9.86. The van der Waals surface area contributed by atoms with Gasteiger partial charge in [-0.3, -0.25) is 0 Å². The maximum atomic E-state index is 13.5. The molecule has 0 fully saturated rings. The summed E-state index contributed by atoms with van der Waals surface area (Å²) >= 11 is 0. The molecule has 2 rings (SSSR count). The van der Waals surface area contributed by atoms with Gasteiger partial charge >= 0.3 is 0 Å². The molecular formula is C14H15FN2O. The third kappa shape index (κ3) is 2.91. The number of phenols is 1. The maximum Gasteiger partial charge on any atom is 0.148 e. The quantitative estimate of drug-likeness (QED) is 0.727. The smallest absolute Gasteiger partial charge is 0.148 e. The average Bonchev–Trinajstić information content (AvgIpc) is 2.35. The molecule has 94 valence electrons. The van der Waals surface area contributed by atoms with Gasteiger partial charge in [-0.15, -0.1) is 0 Å². The number of anilines is 2. The van der Waals surface area contributed by atoms with Crippen molar-refractivity contribution in [1.82, 2.24) is 0 Å². The molecule has 0 saturated carbocycles. The molecule has 2 aromatic rings. The molecule has 4 N–H and O–H groups in total. The highest BCUT2D eigenvalue weighted by Crippen LogP contribution is 2.21. The van der Waals surface area contributed by atoms with E-state index in [0.29, 0.717) is 17.9 Å². The topological polar surface area (TPSA) is 58.3 Å². The van der Waals surface area contributed by atoms with Crippen LogP contribution in [0, 0.1) is 5.82 Å². The Morgan fingerprint density at radius 2 is 1.83 bits per heavy atom. The van der Waals surface area contributed by atoms with Gasteiger partial charge in [0.25, 0.3) is 0 Å². The molecule has 0 aliphatic rings. The predicted molar refractivity (Wildman–Crippen MR) is 71.1 cm³/mol. The van der Waals surface area contributed by atoms with Crippen molar-refractivity contribution in [2.45, 2.75) is 6.42 Å². The fraction of sp³-hybridized carbons (Fsp3) is 0.143. The monoisotopic (exact) mass is 246 g/mol. The van der Waals surface area contributed by atoms with Crippen molar-refractivity contribution in [3.63, 3.8) is 0 Å². The number of aromatic hydroxyl groups is 1. The van der Waals surface area contributed by atoms with Gasteiger partial charge in [0.1, 0.15) is 11.6 Å². The molecule has 0 amide bonds. The van der Waals surface area contributed by atoms with Crippen LogP contribution in [0.2, 0.25) is 0 Å². The van der Waals surface area contributed by atoms with E-state index in [2.05, 4.69) is 5.32 Å². The maximum absolute atomic E-state index is 13.5. The van der Waals surface area contributed by atoms with E-state index in [4.69, 9.17) is 10.8 Å². The lowest BCUT2D eigenvalue weighted by atomic mass is 10.1. The Morgan fingerprint density at radius 1 is 1.11 bits per heavy atom. The van der Waals surface area contributed by atoms with E-state index in [9.17, 15) is 4.39 Å². The second kappa shape index (κ2) is 5.40. The minimum atomic E-state index is -0.347. The zero-order chi connectivity index (χ0) is 13.0. The highest BCUT2D eigenvalue weighted by molar-refractivity contribution is 5.66. The molecule has 0 aromatic heterocycles. The Bertz CT molecular complexity index is 506. The van der Waals surface area contributed by atoms with Crippen molar-refractivity contribution in [3.8, 4) is 5.75 Å². The minimum absolute atomic E-state index is 0.241. The summed E-state index contributed by atoms with van der Waals surface area (Å²) < 4.78 is 13.5. The van der Waals surface area contributed by atoms with Gasteiger partial charge in [-0.05, 0) is 36.2 Å². The number of nitrogens with two attached hydrogens (primary N) is 1. The van der Waals surface area contributed by atoms with E-state index in [-0.39, 0.29) is 11.6 Å². The van der Waals surface area contributed by atoms with Crippen LogP contribution < -0.4 is 11.1 Å². The second-order valence-corrected chi connectivity index (χ2v) is 4.05. The third-order valence-corrected chi connectivity index (χ3v) is 2.70. The first kappa shape index (κ1) is 12.2. The molecule has 4 heteroatoms. The van der Waals surface area contributed by atoms with E-state index in [0.717, 1.165) is 12.0 Å². The highest BCUT2D eigenvalue weighted by atomic mass is 19.1. The predicted octanol–water partition coefficient (Wildman–Crippen LogP) is 2.77. The Hall–Kier alpha value is -2.23. The molecular weight excluding hydrogens is 231 g/mol. The number of nitrogens with one attached hydrogen (secondary N) is 1. The third-order valence-electron chi connectivity index (χ3n) is 2.70. The highest BCUT2D eigenvalue weighted by Gasteiger charge is 2.04. The Balaban J connectivity index is 1.94. The summed E-state index contributed by atoms with van der Waals surface area (Å²) in [5.41, 5.74) is 7.50. The summed E-state index contributed by atoms with van der Waals surface area (Å²) in [6, 6.07) is 11.5. The number of rotatable bonds is 4. The zero-order valence-electron chi connectivity index (χ0n) is 9.86. The number of phenolic OH excluding ortho intramolecular Hbond substituents is 1. The van der Waals surface area contributed by atoms with E-state index in [1.165, 1.54) is 6.07 Å². The normalized spacial score (nSPS) is 10.3. The summed E-state index contributed by atoms with van der Waals surface area (Å²) in [6.07, 6.45) is 0.730. The molecule has 0 saturated heterocycles. The first-order valence-electron chi connectivity index (χ1n) is 5.72. The van der Waals surface area contributed by atoms with Crippen molar-refractivity contribution in [3.05, 3.63) is 53.8 Å². The van der Waals surface area contributed by atoms with E-state index < -0.39 is 0 Å². The number of hydrogen-bond acceptors (Lipinski definition) is 3. The van der Waals surface area contributed by atoms with E-state index in [1.807, 2.05) is 12.1 Å². The van der Waals surface area contributed by atoms with Crippen LogP contribution in [-0.4, -0.2) is 11.7 Å². The van der Waals surface area contributed by atoms with Crippen LogP contribution in [0.4, 0.5) is 15.8 Å². The van der Waals surface area contributed by atoms with Crippen LogP contribution in [0.25, 0.3) is 0 Å². The van der Waals surface area contributed by atoms with Crippen LogP contribution in [0.3, 0.4) is 0 Å². The minimum Gasteiger partial charge on any atom is -0.508 e. The van der Waals surface area contributed by atoms with Gasteiger partial charge in [0.2, 0.25) is 0 Å². The molecule has 0 heterocycles.